The summed E-state index contributed by atoms with van der Waals surface area (Å²) in [5.74, 6) is 0.743. The quantitative estimate of drug-likeness (QED) is 0.0909. The first-order valence-corrected chi connectivity index (χ1v) is 14.5. The number of benzene rings is 2. The standard InChI is InChI=1S/C29H25ClN6O3S2/c1-33-26-25(18-6-10-22(11-7-18)38-12-13-39-24(37)15-36(2)3)23(14-31)29(35-27(26)32)41-17-21-16-40-28(34-21)19-4-8-20(30)9-5-19/h4-11,16H,12-13,15,17H2,2-3H3,(H2,32,35). The Morgan fingerprint density at radius 1 is 1.15 bits per heavy atom. The van der Waals surface area contributed by atoms with Gasteiger partial charge < -0.3 is 15.2 Å². The normalized spacial score (nSPS) is 10.7. The van der Waals surface area contributed by atoms with Crippen LogP contribution in [0.25, 0.3) is 26.5 Å². The van der Waals surface area contributed by atoms with Gasteiger partial charge in [-0.3, -0.25) is 9.69 Å². The van der Waals surface area contributed by atoms with E-state index in [1.54, 1.807) is 43.3 Å². The van der Waals surface area contributed by atoms with Crippen LogP contribution in [0.5, 0.6) is 5.75 Å². The van der Waals surface area contributed by atoms with E-state index >= 15 is 0 Å². The topological polar surface area (TPSA) is 119 Å². The molecule has 0 aliphatic heterocycles. The van der Waals surface area contributed by atoms with E-state index in [-0.39, 0.29) is 42.8 Å². The molecule has 9 nitrogen and oxygen atoms in total. The molecule has 0 aliphatic carbocycles. The van der Waals surface area contributed by atoms with Gasteiger partial charge in [0.25, 0.3) is 0 Å². The predicted octanol–water partition coefficient (Wildman–Crippen LogP) is 6.31. The molecule has 208 valence electrons. The van der Waals surface area contributed by atoms with Crippen molar-refractivity contribution >= 4 is 52.2 Å². The fraction of sp³-hybridized carbons (Fsp3) is 0.207. The molecule has 0 saturated heterocycles. The lowest BCUT2D eigenvalue weighted by Crippen LogP contribution is -2.25. The number of nitrogen functional groups attached to an aromatic ring is 1. The number of carbonyl (C=O) groups excluding carboxylic acids is 1. The Morgan fingerprint density at radius 3 is 2.51 bits per heavy atom. The second-order valence-corrected chi connectivity index (χ2v) is 11.2. The first kappa shape index (κ1) is 29.8. The molecule has 0 bridgehead atoms. The molecule has 0 spiro atoms. The van der Waals surface area contributed by atoms with Gasteiger partial charge in [-0.1, -0.05) is 47.6 Å². The van der Waals surface area contributed by atoms with Crippen LogP contribution in [0.4, 0.5) is 11.5 Å². The average Bonchev–Trinajstić information content (AvgIpc) is 3.43. The highest BCUT2D eigenvalue weighted by Gasteiger charge is 2.21. The second-order valence-electron chi connectivity index (χ2n) is 8.90. The molecule has 2 aromatic carbocycles. The van der Waals surface area contributed by atoms with Crippen molar-refractivity contribution in [2.75, 3.05) is 39.6 Å². The monoisotopic (exact) mass is 604 g/mol. The van der Waals surface area contributed by atoms with Crippen LogP contribution >= 0.6 is 34.7 Å². The highest BCUT2D eigenvalue weighted by Crippen LogP contribution is 2.42. The average molecular weight is 605 g/mol. The number of pyridine rings is 1. The van der Waals surface area contributed by atoms with Gasteiger partial charge in [0, 0.05) is 27.3 Å². The van der Waals surface area contributed by atoms with Crippen molar-refractivity contribution in [1.82, 2.24) is 14.9 Å². The highest BCUT2D eigenvalue weighted by molar-refractivity contribution is 7.98. The Bertz CT molecular complexity index is 1610. The number of thioether (sulfide) groups is 1. The highest BCUT2D eigenvalue weighted by atomic mass is 35.5. The van der Waals surface area contributed by atoms with Gasteiger partial charge in [-0.25, -0.2) is 14.8 Å². The zero-order valence-electron chi connectivity index (χ0n) is 22.3. The number of nitrogens with two attached hydrogens (primary N) is 1. The van der Waals surface area contributed by atoms with E-state index in [9.17, 15) is 10.1 Å². The number of halogens is 1. The van der Waals surface area contributed by atoms with Gasteiger partial charge in [0.05, 0.1) is 24.4 Å². The molecule has 0 amide bonds. The third-order valence-electron chi connectivity index (χ3n) is 5.59. The van der Waals surface area contributed by atoms with Gasteiger partial charge >= 0.3 is 5.97 Å². The SMILES string of the molecule is [C-]#[N+]c1c(N)nc(SCc2csc(-c3ccc(Cl)cc3)n2)c(C#N)c1-c1ccc(OCCOC(=O)CN(C)C)cc1. The van der Waals surface area contributed by atoms with Crippen molar-refractivity contribution in [3.8, 4) is 33.5 Å². The molecule has 41 heavy (non-hydrogen) atoms. The van der Waals surface area contributed by atoms with Crippen molar-refractivity contribution < 1.29 is 14.3 Å². The molecular weight excluding hydrogens is 580 g/mol. The minimum Gasteiger partial charge on any atom is -0.490 e. The van der Waals surface area contributed by atoms with Crippen molar-refractivity contribution in [1.29, 1.82) is 5.26 Å². The molecule has 4 aromatic rings. The van der Waals surface area contributed by atoms with Crippen LogP contribution in [0.3, 0.4) is 0 Å². The molecule has 2 heterocycles. The molecular formula is C29H25ClN6O3S2. The second kappa shape index (κ2) is 14.0. The Kier molecular flexibility index (Phi) is 10.2. The number of hydrogen-bond acceptors (Lipinski definition) is 10. The van der Waals surface area contributed by atoms with E-state index in [1.165, 1.54) is 23.1 Å². The number of aromatic nitrogens is 2. The fourth-order valence-electron chi connectivity index (χ4n) is 3.75. The summed E-state index contributed by atoms with van der Waals surface area (Å²) in [4.78, 5) is 26.0. The van der Waals surface area contributed by atoms with Gasteiger partial charge in [-0.05, 0) is 43.9 Å². The lowest BCUT2D eigenvalue weighted by Gasteiger charge is -2.14. The molecule has 0 saturated carbocycles. The van der Waals surface area contributed by atoms with E-state index in [0.717, 1.165) is 16.3 Å². The molecule has 12 heteroatoms. The van der Waals surface area contributed by atoms with E-state index < -0.39 is 0 Å². The predicted molar refractivity (Wildman–Crippen MR) is 162 cm³/mol. The van der Waals surface area contributed by atoms with Crippen LogP contribution in [-0.4, -0.2) is 54.7 Å². The van der Waals surface area contributed by atoms with Gasteiger partial charge in [-0.2, -0.15) is 5.26 Å². The van der Waals surface area contributed by atoms with Crippen LogP contribution in [0.2, 0.25) is 5.02 Å². The van der Waals surface area contributed by atoms with Gasteiger partial charge in [-0.15, -0.1) is 11.3 Å². The summed E-state index contributed by atoms with van der Waals surface area (Å²) in [6.45, 7) is 8.19. The number of nitrogens with zero attached hydrogens (tertiary/aromatic N) is 5. The number of esters is 1. The summed E-state index contributed by atoms with van der Waals surface area (Å²) in [7, 11) is 3.57. The largest absolute Gasteiger partial charge is 0.490 e. The first-order valence-electron chi connectivity index (χ1n) is 12.3. The summed E-state index contributed by atoms with van der Waals surface area (Å²) in [6.07, 6.45) is 0. The molecule has 0 radical (unpaired) electrons. The summed E-state index contributed by atoms with van der Waals surface area (Å²) < 4.78 is 10.8. The van der Waals surface area contributed by atoms with E-state index in [2.05, 4.69) is 15.9 Å². The number of likely N-dealkylation sites (N-methyl/N-ethyl adjacent to an activating group) is 1. The lowest BCUT2D eigenvalue weighted by atomic mass is 10.00. The number of nitriles is 1. The number of carbonyl (C=O) groups is 1. The van der Waals surface area contributed by atoms with Crippen molar-refractivity contribution in [2.45, 2.75) is 10.8 Å². The number of rotatable bonds is 11. The van der Waals surface area contributed by atoms with E-state index in [1.807, 2.05) is 29.6 Å². The summed E-state index contributed by atoms with van der Waals surface area (Å²) >= 11 is 8.85. The zero-order chi connectivity index (χ0) is 29.4. The number of thiazole rings is 1. The third-order valence-corrected chi connectivity index (χ3v) is 7.79. The summed E-state index contributed by atoms with van der Waals surface area (Å²) in [5, 5.41) is 14.0. The molecule has 2 aromatic heterocycles. The Labute approximate surface area is 251 Å². The van der Waals surface area contributed by atoms with Gasteiger partial charge in [0.1, 0.15) is 40.9 Å². The number of ether oxygens (including phenoxy) is 2. The Morgan fingerprint density at radius 2 is 1.85 bits per heavy atom. The van der Waals surface area contributed by atoms with E-state index in [4.69, 9.17) is 38.4 Å². The van der Waals surface area contributed by atoms with Crippen molar-refractivity contribution in [2.24, 2.45) is 0 Å². The zero-order valence-corrected chi connectivity index (χ0v) is 24.6. The van der Waals surface area contributed by atoms with Crippen LogP contribution < -0.4 is 10.5 Å². The molecule has 0 atom stereocenters. The third kappa shape index (κ3) is 7.75. The molecule has 0 unspecified atom stereocenters. The van der Waals surface area contributed by atoms with Gasteiger partial charge in [0.15, 0.2) is 0 Å². The lowest BCUT2D eigenvalue weighted by molar-refractivity contribution is -0.145. The van der Waals surface area contributed by atoms with Crippen LogP contribution in [-0.2, 0) is 15.3 Å². The maximum absolute atomic E-state index is 11.6. The van der Waals surface area contributed by atoms with Gasteiger partial charge in [0.2, 0.25) is 5.69 Å². The van der Waals surface area contributed by atoms with Crippen molar-refractivity contribution in [3.63, 3.8) is 0 Å². The smallest absolute Gasteiger partial charge is 0.320 e. The fourth-order valence-corrected chi connectivity index (χ4v) is 5.70. The molecule has 2 N–H and O–H groups in total. The number of hydrogen-bond donors (Lipinski definition) is 1. The first-order chi connectivity index (χ1) is 19.8. The minimum atomic E-state index is -0.328. The van der Waals surface area contributed by atoms with Crippen LogP contribution in [0, 0.1) is 17.9 Å². The molecule has 0 fully saturated rings. The van der Waals surface area contributed by atoms with Crippen LogP contribution in [0.1, 0.15) is 11.3 Å². The van der Waals surface area contributed by atoms with E-state index in [0.29, 0.717) is 32.7 Å². The number of anilines is 1. The maximum atomic E-state index is 11.6. The molecule has 0 aliphatic rings. The summed E-state index contributed by atoms with van der Waals surface area (Å²) in [5.41, 5.74) is 9.42. The maximum Gasteiger partial charge on any atom is 0.320 e. The Hall–Kier alpha value is -4.13. The minimum absolute atomic E-state index is 0.0523. The van der Waals surface area contributed by atoms with Crippen LogP contribution in [0.15, 0.2) is 58.9 Å². The molecule has 4 rings (SSSR count). The van der Waals surface area contributed by atoms with Crippen molar-refractivity contribution in [3.05, 3.63) is 81.6 Å². The summed E-state index contributed by atoms with van der Waals surface area (Å²) in [6, 6.07) is 16.7. The Balaban J connectivity index is 1.49.